The molecule has 1 aromatic heterocycles. The summed E-state index contributed by atoms with van der Waals surface area (Å²) in [5.74, 6) is 0. The van der Waals surface area contributed by atoms with E-state index in [9.17, 15) is 5.11 Å². The van der Waals surface area contributed by atoms with Crippen LogP contribution in [0, 0.1) is 5.41 Å². The average molecular weight is 238 g/mol. The van der Waals surface area contributed by atoms with E-state index in [1.165, 1.54) is 35.4 Å². The zero-order chi connectivity index (χ0) is 11.6. The van der Waals surface area contributed by atoms with Crippen molar-refractivity contribution in [2.75, 3.05) is 0 Å². The Kier molecular flexibility index (Phi) is 3.70. The average Bonchev–Trinajstić information content (AvgIpc) is 2.88. The molecule has 2 rings (SSSR count). The number of aryl methyl sites for hydroxylation is 1. The minimum atomic E-state index is -0.154. The Balaban J connectivity index is 1.98. The first kappa shape index (κ1) is 12.1. The summed E-state index contributed by atoms with van der Waals surface area (Å²) in [6.45, 7) is 4.43. The molecular formula is C14H22OS. The lowest BCUT2D eigenvalue weighted by atomic mass is 9.81. The second-order valence-corrected chi connectivity index (χ2v) is 6.56. The highest BCUT2D eigenvalue weighted by atomic mass is 32.1. The van der Waals surface area contributed by atoms with Crippen molar-refractivity contribution in [2.24, 2.45) is 5.41 Å². The first-order valence-electron chi connectivity index (χ1n) is 6.40. The zero-order valence-electron chi connectivity index (χ0n) is 10.3. The van der Waals surface area contributed by atoms with Crippen molar-refractivity contribution in [2.45, 2.75) is 58.5 Å². The van der Waals surface area contributed by atoms with Crippen LogP contribution in [0.5, 0.6) is 0 Å². The first-order valence-corrected chi connectivity index (χ1v) is 7.21. The maximum atomic E-state index is 10.4. The fraction of sp³-hybridized carbons (Fsp3) is 0.714. The van der Waals surface area contributed by atoms with E-state index in [0.717, 1.165) is 12.8 Å². The molecule has 0 bridgehead atoms. The van der Waals surface area contributed by atoms with Gasteiger partial charge in [0.25, 0.3) is 0 Å². The molecule has 1 aliphatic rings. The highest BCUT2D eigenvalue weighted by Crippen LogP contribution is 2.41. The fourth-order valence-electron chi connectivity index (χ4n) is 2.67. The number of hydrogen-bond acceptors (Lipinski definition) is 2. The molecule has 1 saturated carbocycles. The maximum absolute atomic E-state index is 10.4. The summed E-state index contributed by atoms with van der Waals surface area (Å²) in [5.41, 5.74) is 0.177. The summed E-state index contributed by atoms with van der Waals surface area (Å²) in [7, 11) is 0. The van der Waals surface area contributed by atoms with Gasteiger partial charge in [0.1, 0.15) is 0 Å². The molecule has 0 spiro atoms. The molecule has 0 radical (unpaired) electrons. The number of rotatable bonds is 4. The summed E-state index contributed by atoms with van der Waals surface area (Å²) in [4.78, 5) is 2.77. The van der Waals surface area contributed by atoms with E-state index < -0.39 is 0 Å². The molecule has 1 nitrogen and oxygen atoms in total. The fourth-order valence-corrected chi connectivity index (χ4v) is 3.67. The van der Waals surface area contributed by atoms with Gasteiger partial charge in [-0.15, -0.1) is 11.3 Å². The Morgan fingerprint density at radius 3 is 2.50 bits per heavy atom. The van der Waals surface area contributed by atoms with Gasteiger partial charge >= 0.3 is 0 Å². The largest absolute Gasteiger partial charge is 0.392 e. The van der Waals surface area contributed by atoms with Crippen molar-refractivity contribution >= 4 is 11.3 Å². The lowest BCUT2D eigenvalue weighted by Crippen LogP contribution is -2.31. The van der Waals surface area contributed by atoms with Gasteiger partial charge < -0.3 is 5.11 Å². The number of hydrogen-bond donors (Lipinski definition) is 1. The van der Waals surface area contributed by atoms with Gasteiger partial charge in [0.2, 0.25) is 0 Å². The van der Waals surface area contributed by atoms with Gasteiger partial charge in [0, 0.05) is 16.2 Å². The zero-order valence-corrected chi connectivity index (χ0v) is 11.1. The van der Waals surface area contributed by atoms with Crippen LogP contribution in [0.3, 0.4) is 0 Å². The lowest BCUT2D eigenvalue weighted by Gasteiger charge is -2.29. The molecule has 1 aromatic rings. The van der Waals surface area contributed by atoms with Crippen molar-refractivity contribution in [1.29, 1.82) is 0 Å². The van der Waals surface area contributed by atoms with Crippen molar-refractivity contribution in [3.8, 4) is 0 Å². The molecule has 0 saturated heterocycles. The Morgan fingerprint density at radius 2 is 1.94 bits per heavy atom. The van der Waals surface area contributed by atoms with E-state index in [-0.39, 0.29) is 11.5 Å². The molecule has 0 aliphatic heterocycles. The lowest BCUT2D eigenvalue weighted by molar-refractivity contribution is 0.0430. The highest BCUT2D eigenvalue weighted by molar-refractivity contribution is 7.11. The van der Waals surface area contributed by atoms with Gasteiger partial charge in [0.05, 0.1) is 6.10 Å². The van der Waals surface area contributed by atoms with E-state index in [0.29, 0.717) is 0 Å². The van der Waals surface area contributed by atoms with E-state index in [1.54, 1.807) is 0 Å². The molecule has 1 aliphatic carbocycles. The van der Waals surface area contributed by atoms with Crippen molar-refractivity contribution in [3.63, 3.8) is 0 Å². The van der Waals surface area contributed by atoms with Crippen LogP contribution < -0.4 is 0 Å². The summed E-state index contributed by atoms with van der Waals surface area (Å²) >= 11 is 1.86. The van der Waals surface area contributed by atoms with E-state index >= 15 is 0 Å². The van der Waals surface area contributed by atoms with Gasteiger partial charge in [-0.1, -0.05) is 26.7 Å². The molecule has 1 N–H and O–H groups in total. The predicted molar refractivity (Wildman–Crippen MR) is 70.0 cm³/mol. The monoisotopic (exact) mass is 238 g/mol. The van der Waals surface area contributed by atoms with Crippen LogP contribution >= 0.6 is 11.3 Å². The Bertz CT molecular complexity index is 336. The second-order valence-electron chi connectivity index (χ2n) is 5.30. The van der Waals surface area contributed by atoms with Crippen LogP contribution in [0.15, 0.2) is 12.1 Å². The Morgan fingerprint density at radius 1 is 1.31 bits per heavy atom. The minimum absolute atomic E-state index is 0.154. The molecule has 90 valence electrons. The van der Waals surface area contributed by atoms with Gasteiger partial charge in [-0.25, -0.2) is 0 Å². The van der Waals surface area contributed by atoms with Crippen LogP contribution in [-0.2, 0) is 12.8 Å². The first-order chi connectivity index (χ1) is 7.64. The molecule has 2 heteroatoms. The molecule has 1 atom stereocenters. The molecule has 1 unspecified atom stereocenters. The Labute approximate surface area is 103 Å². The van der Waals surface area contributed by atoms with E-state index in [1.807, 2.05) is 11.3 Å². The summed E-state index contributed by atoms with van der Waals surface area (Å²) in [6, 6.07) is 4.38. The van der Waals surface area contributed by atoms with E-state index in [4.69, 9.17) is 0 Å². The molecule has 0 aromatic carbocycles. The molecular weight excluding hydrogens is 216 g/mol. The number of thiophene rings is 1. The molecule has 1 fully saturated rings. The predicted octanol–water partition coefficient (Wildman–Crippen LogP) is 3.79. The summed E-state index contributed by atoms with van der Waals surface area (Å²) in [6.07, 6.45) is 6.77. The normalized spacial score (nSPS) is 21.2. The number of aliphatic hydroxyl groups excluding tert-OH is 1. The number of aliphatic hydroxyl groups is 1. The van der Waals surface area contributed by atoms with E-state index in [2.05, 4.69) is 26.0 Å². The standard InChI is InChI=1S/C14H22OS/c1-3-11-6-7-12(16-11)10-13(15)14(2)8-4-5-9-14/h6-7,13,15H,3-5,8-10H2,1-2H3. The maximum Gasteiger partial charge on any atom is 0.0641 e. The van der Waals surface area contributed by atoms with Crippen molar-refractivity contribution < 1.29 is 5.11 Å². The van der Waals surface area contributed by atoms with Crippen LogP contribution in [0.2, 0.25) is 0 Å². The van der Waals surface area contributed by atoms with Gasteiger partial charge in [-0.2, -0.15) is 0 Å². The molecule has 16 heavy (non-hydrogen) atoms. The third kappa shape index (κ3) is 2.49. The van der Waals surface area contributed by atoms with Crippen molar-refractivity contribution in [3.05, 3.63) is 21.9 Å². The van der Waals surface area contributed by atoms with Gasteiger partial charge in [-0.05, 0) is 36.8 Å². The highest BCUT2D eigenvalue weighted by Gasteiger charge is 2.35. The van der Waals surface area contributed by atoms with Crippen LogP contribution in [-0.4, -0.2) is 11.2 Å². The quantitative estimate of drug-likeness (QED) is 0.846. The molecule has 0 amide bonds. The third-order valence-electron chi connectivity index (χ3n) is 4.01. The van der Waals surface area contributed by atoms with Crippen LogP contribution in [0.25, 0.3) is 0 Å². The third-order valence-corrected chi connectivity index (χ3v) is 5.26. The van der Waals surface area contributed by atoms with Gasteiger partial charge in [0.15, 0.2) is 0 Å². The van der Waals surface area contributed by atoms with Crippen LogP contribution in [0.4, 0.5) is 0 Å². The summed E-state index contributed by atoms with van der Waals surface area (Å²) < 4.78 is 0. The smallest absolute Gasteiger partial charge is 0.0641 e. The summed E-state index contributed by atoms with van der Waals surface area (Å²) in [5, 5.41) is 10.4. The van der Waals surface area contributed by atoms with Crippen molar-refractivity contribution in [1.82, 2.24) is 0 Å². The SMILES string of the molecule is CCc1ccc(CC(O)C2(C)CCCC2)s1. The van der Waals surface area contributed by atoms with Gasteiger partial charge in [-0.3, -0.25) is 0 Å². The topological polar surface area (TPSA) is 20.2 Å². The molecule has 1 heterocycles. The Hall–Kier alpha value is -0.340. The van der Waals surface area contributed by atoms with Crippen LogP contribution in [0.1, 0.15) is 49.3 Å². The minimum Gasteiger partial charge on any atom is -0.392 e. The second kappa shape index (κ2) is 4.89.